The summed E-state index contributed by atoms with van der Waals surface area (Å²) in [4.78, 5) is 37.9. The summed E-state index contributed by atoms with van der Waals surface area (Å²) in [6.07, 6.45) is 1.85. The largest absolute Gasteiger partial charge is 0.450 e. The van der Waals surface area contributed by atoms with Crippen LogP contribution in [0.15, 0.2) is 0 Å². The summed E-state index contributed by atoms with van der Waals surface area (Å²) in [6, 6.07) is 0. The number of esters is 1. The third kappa shape index (κ3) is 2.80. The van der Waals surface area contributed by atoms with Crippen molar-refractivity contribution in [2.24, 2.45) is 34.5 Å². The Hall–Kier alpha value is -1.01. The first kappa shape index (κ1) is 24.1. The molecule has 0 spiro atoms. The summed E-state index contributed by atoms with van der Waals surface area (Å²) in [5.41, 5.74) is -4.99. The molecule has 0 aromatic heterocycles. The van der Waals surface area contributed by atoms with E-state index in [0.717, 1.165) is 6.42 Å². The minimum atomic E-state index is -1.84. The first-order chi connectivity index (χ1) is 14.9. The molecule has 5 nitrogen and oxygen atoms in total. The van der Waals surface area contributed by atoms with Gasteiger partial charge in [0.25, 0.3) is 0 Å². The van der Waals surface area contributed by atoms with Gasteiger partial charge in [0.05, 0.1) is 12.0 Å². The van der Waals surface area contributed by atoms with E-state index in [0.29, 0.717) is 32.1 Å². The Bertz CT molecular complexity index is 833. The number of ketones is 2. The number of hydrogen-bond donors (Lipinski definition) is 1. The molecule has 0 radical (unpaired) electrons. The SMILES string of the molecule is CCC(=O)O[C@]1(C(=O)CCl)[C@H](C)C[C@@H]2[C@@H]3CC[C@@H]4CC(=O)CC[C@]4(C)[C@@]3(F)[C@H](O)C[C@]21C. The van der Waals surface area contributed by atoms with Crippen molar-refractivity contribution in [2.45, 2.75) is 96.4 Å². The van der Waals surface area contributed by atoms with Gasteiger partial charge in [-0.05, 0) is 49.9 Å². The number of carbonyl (C=O) groups excluding carboxylic acids is 3. The predicted octanol–water partition coefficient (Wildman–Crippen LogP) is 4.41. The monoisotopic (exact) mass is 470 g/mol. The Balaban J connectivity index is 1.81. The highest BCUT2D eigenvalue weighted by molar-refractivity contribution is 6.29. The van der Waals surface area contributed by atoms with Crippen LogP contribution < -0.4 is 0 Å². The summed E-state index contributed by atoms with van der Waals surface area (Å²) >= 11 is 6.03. The average Bonchev–Trinajstić information content (AvgIpc) is 2.96. The Labute approximate surface area is 194 Å². The van der Waals surface area contributed by atoms with Gasteiger partial charge in [-0.3, -0.25) is 14.4 Å². The van der Waals surface area contributed by atoms with Gasteiger partial charge >= 0.3 is 5.97 Å². The molecule has 1 N–H and O–H groups in total. The van der Waals surface area contributed by atoms with Crippen molar-refractivity contribution in [3.8, 4) is 0 Å². The normalized spacial score (nSPS) is 50.2. The predicted molar refractivity (Wildman–Crippen MR) is 118 cm³/mol. The minimum absolute atomic E-state index is 0.0326. The molecular formula is C25H36ClFO5. The van der Waals surface area contributed by atoms with E-state index >= 15 is 4.39 Å². The second kappa shape index (κ2) is 7.76. The van der Waals surface area contributed by atoms with E-state index in [1.165, 1.54) is 0 Å². The zero-order valence-corrected chi connectivity index (χ0v) is 20.3. The molecule has 9 atom stereocenters. The van der Waals surface area contributed by atoms with Crippen molar-refractivity contribution in [1.82, 2.24) is 0 Å². The molecule has 0 heterocycles. The van der Waals surface area contributed by atoms with Crippen LogP contribution in [0.4, 0.5) is 4.39 Å². The van der Waals surface area contributed by atoms with Crippen LogP contribution in [-0.2, 0) is 19.1 Å². The van der Waals surface area contributed by atoms with Gasteiger partial charge in [-0.25, -0.2) is 4.39 Å². The van der Waals surface area contributed by atoms with Crippen molar-refractivity contribution in [2.75, 3.05) is 5.88 Å². The summed E-state index contributed by atoms with van der Waals surface area (Å²) in [7, 11) is 0. The highest BCUT2D eigenvalue weighted by atomic mass is 35.5. The smallest absolute Gasteiger partial charge is 0.306 e. The van der Waals surface area contributed by atoms with Crippen molar-refractivity contribution < 1.29 is 28.6 Å². The summed E-state index contributed by atoms with van der Waals surface area (Å²) < 4.78 is 23.2. The molecule has 4 aliphatic rings. The van der Waals surface area contributed by atoms with Gasteiger partial charge in [-0.1, -0.05) is 27.7 Å². The third-order valence-corrected chi connectivity index (χ3v) is 10.4. The molecule has 0 aromatic carbocycles. The fourth-order valence-corrected chi connectivity index (χ4v) is 8.79. The summed E-state index contributed by atoms with van der Waals surface area (Å²) in [5.74, 6) is -2.05. The molecule has 0 aromatic rings. The topological polar surface area (TPSA) is 80.7 Å². The number of rotatable bonds is 4. The molecule has 0 amide bonds. The number of Topliss-reactive ketones (excluding diaryl/α,β-unsaturated/α-hetero) is 2. The second-order valence-electron chi connectivity index (χ2n) is 11.3. The fraction of sp³-hybridized carbons (Fsp3) is 0.880. The lowest BCUT2D eigenvalue weighted by molar-refractivity contribution is -0.257. The fourth-order valence-electron chi connectivity index (χ4n) is 8.59. The minimum Gasteiger partial charge on any atom is -0.450 e. The standard InChI is InChI=1S/C25H36ClFO5/c1-5-21(31)32-25(20(30)13-26)14(2)10-18-17-7-6-15-11-16(28)8-9-22(15,3)24(17,27)19(29)12-23(18,25)4/h14-15,17-19,29H,5-13H2,1-4H3/t14-,15-,17+,18-,19-,22+,23-,24+,25+/m1/s1. The Morgan fingerprint density at radius 1 is 1.22 bits per heavy atom. The number of aliphatic hydroxyl groups is 1. The van der Waals surface area contributed by atoms with Crippen LogP contribution in [0.1, 0.15) is 79.1 Å². The van der Waals surface area contributed by atoms with E-state index in [2.05, 4.69) is 0 Å². The van der Waals surface area contributed by atoms with Crippen LogP contribution >= 0.6 is 11.6 Å². The number of fused-ring (bicyclic) bond motifs is 5. The molecule has 4 rings (SSSR count). The molecule has 0 bridgehead atoms. The Morgan fingerprint density at radius 2 is 1.91 bits per heavy atom. The molecule has 4 saturated carbocycles. The number of ether oxygens (including phenoxy) is 1. The van der Waals surface area contributed by atoms with Gasteiger partial charge in [0.1, 0.15) is 11.5 Å². The number of halogens is 2. The first-order valence-electron chi connectivity index (χ1n) is 12.1. The van der Waals surface area contributed by atoms with Crippen molar-refractivity contribution >= 4 is 29.1 Å². The van der Waals surface area contributed by atoms with Gasteiger partial charge in [-0.2, -0.15) is 0 Å². The van der Waals surface area contributed by atoms with Gasteiger partial charge in [0.2, 0.25) is 0 Å². The quantitative estimate of drug-likeness (QED) is 0.486. The number of carbonyl (C=O) groups is 3. The van der Waals surface area contributed by atoms with Gasteiger partial charge in [-0.15, -0.1) is 11.6 Å². The molecule has 7 heteroatoms. The average molecular weight is 471 g/mol. The van der Waals surface area contributed by atoms with Crippen molar-refractivity contribution in [3.63, 3.8) is 0 Å². The van der Waals surface area contributed by atoms with Crippen LogP contribution in [-0.4, -0.2) is 45.9 Å². The molecule has 32 heavy (non-hydrogen) atoms. The van der Waals surface area contributed by atoms with E-state index < -0.39 is 40.1 Å². The van der Waals surface area contributed by atoms with Gasteiger partial charge < -0.3 is 9.84 Å². The maximum atomic E-state index is 17.3. The zero-order valence-electron chi connectivity index (χ0n) is 19.6. The molecule has 0 aliphatic heterocycles. The second-order valence-corrected chi connectivity index (χ2v) is 11.6. The Kier molecular flexibility index (Phi) is 5.85. The highest BCUT2D eigenvalue weighted by Gasteiger charge is 2.77. The van der Waals surface area contributed by atoms with Crippen LogP contribution in [0.25, 0.3) is 0 Å². The molecule has 4 fully saturated rings. The van der Waals surface area contributed by atoms with E-state index in [9.17, 15) is 19.5 Å². The van der Waals surface area contributed by atoms with E-state index in [1.54, 1.807) is 6.92 Å². The number of aliphatic hydroxyl groups excluding tert-OH is 1. The van der Waals surface area contributed by atoms with E-state index in [-0.39, 0.29) is 48.0 Å². The lowest BCUT2D eigenvalue weighted by Crippen LogP contribution is -2.71. The van der Waals surface area contributed by atoms with Crippen LogP contribution in [0.3, 0.4) is 0 Å². The molecule has 0 saturated heterocycles. The first-order valence-corrected chi connectivity index (χ1v) is 12.7. The van der Waals surface area contributed by atoms with E-state index in [4.69, 9.17) is 16.3 Å². The maximum absolute atomic E-state index is 17.3. The third-order valence-electron chi connectivity index (χ3n) is 10.2. The number of alkyl halides is 2. The van der Waals surface area contributed by atoms with Gasteiger partial charge in [0, 0.05) is 36.0 Å². The molecule has 4 aliphatic carbocycles. The molecule has 180 valence electrons. The lowest BCUT2D eigenvalue weighted by Gasteiger charge is -2.65. The van der Waals surface area contributed by atoms with Crippen LogP contribution in [0, 0.1) is 34.5 Å². The zero-order chi connectivity index (χ0) is 23.7. The van der Waals surface area contributed by atoms with Crippen LogP contribution in [0.5, 0.6) is 0 Å². The lowest BCUT2D eigenvalue weighted by atomic mass is 9.42. The van der Waals surface area contributed by atoms with Gasteiger partial charge in [0.15, 0.2) is 11.4 Å². The summed E-state index contributed by atoms with van der Waals surface area (Å²) in [5, 5.41) is 11.5. The molecule has 0 unspecified atom stereocenters. The van der Waals surface area contributed by atoms with Crippen LogP contribution in [0.2, 0.25) is 0 Å². The Morgan fingerprint density at radius 3 is 2.53 bits per heavy atom. The molecular weight excluding hydrogens is 435 g/mol. The highest BCUT2D eigenvalue weighted by Crippen LogP contribution is 2.72. The summed E-state index contributed by atoms with van der Waals surface area (Å²) in [6.45, 7) is 7.36. The van der Waals surface area contributed by atoms with Crippen molar-refractivity contribution in [3.05, 3.63) is 0 Å². The number of hydrogen-bond acceptors (Lipinski definition) is 5. The van der Waals surface area contributed by atoms with E-state index in [1.807, 2.05) is 20.8 Å². The maximum Gasteiger partial charge on any atom is 0.306 e. The van der Waals surface area contributed by atoms with Crippen molar-refractivity contribution in [1.29, 1.82) is 0 Å².